The Bertz CT molecular complexity index is 2240. The van der Waals surface area contributed by atoms with Crippen LogP contribution in [-0.4, -0.2) is 98.2 Å². The molecule has 302 valence electrons. The Morgan fingerprint density at radius 1 is 1.09 bits per heavy atom. The van der Waals surface area contributed by atoms with Crippen LogP contribution in [-0.2, 0) is 9.59 Å². The van der Waals surface area contributed by atoms with Crippen molar-refractivity contribution in [3.05, 3.63) is 76.2 Å². The van der Waals surface area contributed by atoms with Crippen LogP contribution in [0.1, 0.15) is 92.7 Å². The van der Waals surface area contributed by atoms with Crippen LogP contribution in [0.3, 0.4) is 0 Å². The molecule has 2 saturated heterocycles. The molecule has 2 unspecified atom stereocenters. The Hall–Kier alpha value is -5.22. The van der Waals surface area contributed by atoms with Crippen LogP contribution in [0.15, 0.2) is 53.7 Å². The lowest BCUT2D eigenvalue weighted by Crippen LogP contribution is -2.39. The van der Waals surface area contributed by atoms with Gasteiger partial charge in [-0.3, -0.25) is 34.1 Å². The predicted molar refractivity (Wildman–Crippen MR) is 208 cm³/mol. The van der Waals surface area contributed by atoms with Gasteiger partial charge in [0.25, 0.3) is 11.5 Å². The first-order chi connectivity index (χ1) is 27.4. The fourth-order valence-electron chi connectivity index (χ4n) is 8.53. The molecule has 57 heavy (non-hydrogen) atoms. The van der Waals surface area contributed by atoms with Gasteiger partial charge in [-0.2, -0.15) is 5.10 Å². The van der Waals surface area contributed by atoms with Gasteiger partial charge in [0.1, 0.15) is 17.6 Å². The van der Waals surface area contributed by atoms with E-state index in [1.54, 1.807) is 23.1 Å². The summed E-state index contributed by atoms with van der Waals surface area (Å²) in [4.78, 5) is 58.8. The van der Waals surface area contributed by atoms with Crippen LogP contribution in [0.4, 0.5) is 20.3 Å². The molecule has 2 saturated carbocycles. The highest BCUT2D eigenvalue weighted by molar-refractivity contribution is 6.08. The topological polar surface area (TPSA) is 164 Å². The van der Waals surface area contributed by atoms with Crippen LogP contribution in [0.2, 0.25) is 0 Å². The highest BCUT2D eigenvalue weighted by Gasteiger charge is 2.40. The minimum atomic E-state index is -1.06. The fraction of sp³-hybridized carbons (Fsp3) is 0.512. The number of hydrogen-bond donors (Lipinski definition) is 3. The predicted octanol–water partition coefficient (Wildman–Crippen LogP) is 4.49. The third-order valence-corrected chi connectivity index (χ3v) is 11.6. The molecule has 4 aliphatic rings. The number of benzene rings is 1. The lowest BCUT2D eigenvalue weighted by atomic mass is 9.85. The van der Waals surface area contributed by atoms with Crippen LogP contribution in [0, 0.1) is 11.7 Å². The average molecular weight is 787 g/mol. The zero-order valence-electron chi connectivity index (χ0n) is 32.1. The van der Waals surface area contributed by atoms with Crippen molar-refractivity contribution in [3.8, 4) is 5.75 Å². The Kier molecular flexibility index (Phi) is 10.8. The molecule has 5 heterocycles. The van der Waals surface area contributed by atoms with Gasteiger partial charge < -0.3 is 24.6 Å². The number of anilines is 2. The first-order valence-corrected chi connectivity index (χ1v) is 19.9. The molecule has 1 aromatic carbocycles. The zero-order chi connectivity index (χ0) is 40.0. The van der Waals surface area contributed by atoms with Crippen molar-refractivity contribution in [2.75, 3.05) is 42.9 Å². The SMILES string of the molecule is CC(C)Oc1cc2nn([C@H]3CC[C@H](CN4CCN(c5ncc(C6CCC(=O)NC6=O)cc5F)CC(O)C4)CC3)cc2cc1C(=O)Nc1cccn([C@H]2C[C@H]2F)c1=O. The molecular formula is C41H48F2N8O6. The van der Waals surface area contributed by atoms with Gasteiger partial charge in [0, 0.05) is 75.6 Å². The van der Waals surface area contributed by atoms with Crippen molar-refractivity contribution in [1.29, 1.82) is 0 Å². The number of β-amino-alcohol motifs (C(OH)–C–C–N with tert-alkyl or cyclic N) is 1. The van der Waals surface area contributed by atoms with Gasteiger partial charge in [-0.25, -0.2) is 13.8 Å². The number of aliphatic hydroxyl groups is 1. The molecule has 0 bridgehead atoms. The second-order valence-corrected chi connectivity index (χ2v) is 16.2. The highest BCUT2D eigenvalue weighted by Crippen LogP contribution is 2.38. The number of carbonyl (C=O) groups is 3. The quantitative estimate of drug-likeness (QED) is 0.195. The van der Waals surface area contributed by atoms with E-state index in [4.69, 9.17) is 9.84 Å². The maximum Gasteiger partial charge on any atom is 0.274 e. The lowest BCUT2D eigenvalue weighted by Gasteiger charge is -2.32. The number of piperidine rings is 1. The first kappa shape index (κ1) is 38.6. The number of aromatic nitrogens is 4. The number of alkyl halides is 1. The lowest BCUT2D eigenvalue weighted by molar-refractivity contribution is -0.134. The standard InChI is InChI=1S/C41H48F2N8O6/c1-23(2)57-36-17-34-26(14-30(36)40(55)45-33-4-3-11-50(41(33)56)35-16-31(35)42)20-51(47-34)27-7-5-24(6-8-27)19-48-12-13-49(22-28(52)21-48)38-32(43)15-25(18-44-38)29-9-10-37(53)46-39(29)54/h3-4,11,14-15,17-18,20,23-24,27-29,31,35,52H,5-10,12-13,16,19,21-22H2,1-2H3,(H,45,55)(H,46,53,54)/t24-,27-,28?,29?,31-,35+/m1/s1. The van der Waals surface area contributed by atoms with E-state index >= 15 is 4.39 Å². The van der Waals surface area contributed by atoms with E-state index in [0.29, 0.717) is 48.8 Å². The molecule has 14 nitrogen and oxygen atoms in total. The number of ether oxygens (including phenoxy) is 1. The van der Waals surface area contributed by atoms with Crippen molar-refractivity contribution < 1.29 is 33.0 Å². The maximum absolute atomic E-state index is 15.4. The normalized spacial score (nSPS) is 25.7. The van der Waals surface area contributed by atoms with E-state index in [-0.39, 0.29) is 54.5 Å². The first-order valence-electron chi connectivity index (χ1n) is 19.9. The highest BCUT2D eigenvalue weighted by atomic mass is 19.1. The monoisotopic (exact) mass is 786 g/mol. The summed E-state index contributed by atoms with van der Waals surface area (Å²) in [6.45, 7) is 6.36. The van der Waals surface area contributed by atoms with Crippen LogP contribution < -0.4 is 25.8 Å². The largest absolute Gasteiger partial charge is 0.490 e. The maximum atomic E-state index is 15.4. The summed E-state index contributed by atoms with van der Waals surface area (Å²) in [5, 5.41) is 21.6. The van der Waals surface area contributed by atoms with Crippen molar-refractivity contribution in [2.24, 2.45) is 5.92 Å². The molecule has 4 fully saturated rings. The molecular weight excluding hydrogens is 738 g/mol. The van der Waals surface area contributed by atoms with Crippen LogP contribution >= 0.6 is 0 Å². The number of halogens is 2. The van der Waals surface area contributed by atoms with E-state index in [0.717, 1.165) is 37.6 Å². The molecule has 4 atom stereocenters. The van der Waals surface area contributed by atoms with Gasteiger partial charge >= 0.3 is 0 Å². The molecule has 2 aliphatic heterocycles. The Morgan fingerprint density at radius 3 is 2.60 bits per heavy atom. The summed E-state index contributed by atoms with van der Waals surface area (Å²) in [6, 6.07) is 7.60. The smallest absolute Gasteiger partial charge is 0.274 e. The summed E-state index contributed by atoms with van der Waals surface area (Å²) >= 11 is 0. The second kappa shape index (κ2) is 16.0. The average Bonchev–Trinajstić information content (AvgIpc) is 3.80. The minimum Gasteiger partial charge on any atom is -0.490 e. The number of amides is 3. The Morgan fingerprint density at radius 2 is 1.88 bits per heavy atom. The Balaban J connectivity index is 0.888. The van der Waals surface area contributed by atoms with E-state index < -0.39 is 47.4 Å². The van der Waals surface area contributed by atoms with E-state index in [1.807, 2.05) is 24.7 Å². The second-order valence-electron chi connectivity index (χ2n) is 16.2. The van der Waals surface area contributed by atoms with Crippen molar-refractivity contribution in [1.82, 2.24) is 29.5 Å². The third kappa shape index (κ3) is 8.42. The number of carbonyl (C=O) groups excluding carboxylic acids is 3. The molecule has 4 aromatic rings. The van der Waals surface area contributed by atoms with Gasteiger partial charge in [0.15, 0.2) is 11.6 Å². The molecule has 2 aliphatic carbocycles. The van der Waals surface area contributed by atoms with Crippen molar-refractivity contribution in [2.45, 2.75) is 95.2 Å². The van der Waals surface area contributed by atoms with Crippen LogP contribution in [0.5, 0.6) is 5.75 Å². The summed E-state index contributed by atoms with van der Waals surface area (Å²) in [5.74, 6) is -1.56. The summed E-state index contributed by atoms with van der Waals surface area (Å²) in [5.41, 5.74) is 1.00. The number of rotatable bonds is 10. The number of fused-ring (bicyclic) bond motifs is 1. The third-order valence-electron chi connectivity index (χ3n) is 11.6. The van der Waals surface area contributed by atoms with Crippen molar-refractivity contribution in [3.63, 3.8) is 0 Å². The minimum absolute atomic E-state index is 0.0703. The summed E-state index contributed by atoms with van der Waals surface area (Å²) in [7, 11) is 0. The van der Waals surface area contributed by atoms with Gasteiger partial charge in [-0.15, -0.1) is 0 Å². The number of nitrogens with zero attached hydrogens (tertiary/aromatic N) is 6. The fourth-order valence-corrected chi connectivity index (χ4v) is 8.53. The number of hydrogen-bond acceptors (Lipinski definition) is 10. The number of aliphatic hydroxyl groups excluding tert-OH is 1. The van der Waals surface area contributed by atoms with Gasteiger partial charge in [-0.1, -0.05) is 0 Å². The molecule has 0 radical (unpaired) electrons. The molecule has 3 aromatic heterocycles. The van der Waals surface area contributed by atoms with Crippen molar-refractivity contribution >= 4 is 40.1 Å². The molecule has 8 rings (SSSR count). The van der Waals surface area contributed by atoms with Gasteiger partial charge in [0.05, 0.1) is 41.3 Å². The van der Waals surface area contributed by atoms with Crippen LogP contribution in [0.25, 0.3) is 10.9 Å². The molecule has 16 heteroatoms. The van der Waals surface area contributed by atoms with E-state index in [9.17, 15) is 28.7 Å². The van der Waals surface area contributed by atoms with Gasteiger partial charge in [0.2, 0.25) is 11.8 Å². The summed E-state index contributed by atoms with van der Waals surface area (Å²) < 4.78 is 38.5. The molecule has 0 spiro atoms. The van der Waals surface area contributed by atoms with Gasteiger partial charge in [-0.05, 0) is 81.7 Å². The van der Waals surface area contributed by atoms with E-state index in [1.165, 1.54) is 29.1 Å². The number of nitrogens with one attached hydrogen (secondary N) is 2. The molecule has 3 N–H and O–H groups in total. The zero-order valence-corrected chi connectivity index (χ0v) is 32.1. The van der Waals surface area contributed by atoms with E-state index in [2.05, 4.69) is 20.5 Å². The number of imide groups is 1. The summed E-state index contributed by atoms with van der Waals surface area (Å²) in [6.07, 6.45) is 7.51. The molecule has 3 amide bonds. The number of pyridine rings is 2. The Labute approximate surface area is 328 Å².